The van der Waals surface area contributed by atoms with Crippen LogP contribution in [0.2, 0.25) is 0 Å². The van der Waals surface area contributed by atoms with E-state index in [9.17, 15) is 4.79 Å². The fourth-order valence-corrected chi connectivity index (χ4v) is 2.00. The lowest BCUT2D eigenvalue weighted by molar-refractivity contribution is -0.140. The first-order chi connectivity index (χ1) is 7.15. The van der Waals surface area contributed by atoms with Gasteiger partial charge in [-0.05, 0) is 6.42 Å². The van der Waals surface area contributed by atoms with E-state index in [0.29, 0.717) is 6.54 Å². The van der Waals surface area contributed by atoms with E-state index in [0.717, 1.165) is 18.1 Å². The topological polar surface area (TPSA) is 53.4 Å². The molecule has 1 atom stereocenters. The van der Waals surface area contributed by atoms with Gasteiger partial charge in [-0.25, -0.2) is 4.98 Å². The summed E-state index contributed by atoms with van der Waals surface area (Å²) in [6, 6.07) is 0. The Balaban J connectivity index is 2.63. The van der Waals surface area contributed by atoms with Crippen LogP contribution in [0.3, 0.4) is 0 Å². The predicted octanol–water partition coefficient (Wildman–Crippen LogP) is 2.08. The van der Waals surface area contributed by atoms with Crippen molar-refractivity contribution in [2.24, 2.45) is 5.92 Å². The van der Waals surface area contributed by atoms with E-state index in [2.05, 4.69) is 11.9 Å². The standard InChI is InChI=1S/C10H16N2O2S/c1-3-5-12(7-8(2)9(13)14)10-11-4-6-15-10/h4,6,8H,3,5,7H2,1-2H3,(H,13,14). The smallest absolute Gasteiger partial charge is 0.308 e. The minimum Gasteiger partial charge on any atom is -0.481 e. The van der Waals surface area contributed by atoms with Crippen molar-refractivity contribution < 1.29 is 9.90 Å². The fourth-order valence-electron chi connectivity index (χ4n) is 1.32. The highest BCUT2D eigenvalue weighted by Crippen LogP contribution is 2.18. The van der Waals surface area contributed by atoms with Gasteiger partial charge >= 0.3 is 5.97 Å². The van der Waals surface area contributed by atoms with Crippen LogP contribution >= 0.6 is 11.3 Å². The molecule has 1 rings (SSSR count). The molecule has 0 spiro atoms. The summed E-state index contributed by atoms with van der Waals surface area (Å²) in [5.74, 6) is -1.12. The number of carboxylic acids is 1. The van der Waals surface area contributed by atoms with Crippen LogP contribution in [0.15, 0.2) is 11.6 Å². The maximum absolute atomic E-state index is 10.8. The molecule has 0 amide bonds. The molecule has 1 heterocycles. The Morgan fingerprint density at radius 2 is 2.47 bits per heavy atom. The molecule has 4 nitrogen and oxygen atoms in total. The van der Waals surface area contributed by atoms with Crippen LogP contribution in [0.4, 0.5) is 5.13 Å². The molecule has 0 aliphatic carbocycles. The van der Waals surface area contributed by atoms with Crippen molar-refractivity contribution in [3.8, 4) is 0 Å². The van der Waals surface area contributed by atoms with Gasteiger partial charge in [0.1, 0.15) is 0 Å². The van der Waals surface area contributed by atoms with Gasteiger partial charge in [0.2, 0.25) is 0 Å². The average molecular weight is 228 g/mol. The Labute approximate surface area is 93.6 Å². The molecule has 0 fully saturated rings. The van der Waals surface area contributed by atoms with Gasteiger partial charge < -0.3 is 10.0 Å². The van der Waals surface area contributed by atoms with Crippen molar-refractivity contribution in [3.63, 3.8) is 0 Å². The maximum atomic E-state index is 10.8. The highest BCUT2D eigenvalue weighted by atomic mass is 32.1. The van der Waals surface area contributed by atoms with Crippen LogP contribution in [-0.4, -0.2) is 29.1 Å². The highest BCUT2D eigenvalue weighted by Gasteiger charge is 2.17. The van der Waals surface area contributed by atoms with Crippen molar-refractivity contribution in [2.75, 3.05) is 18.0 Å². The molecule has 0 saturated carbocycles. The summed E-state index contributed by atoms with van der Waals surface area (Å²) in [6.45, 7) is 5.17. The molecule has 84 valence electrons. The third-order valence-corrected chi connectivity index (χ3v) is 2.93. The van der Waals surface area contributed by atoms with Gasteiger partial charge in [0.25, 0.3) is 0 Å². The Kier molecular flexibility index (Phi) is 4.55. The zero-order valence-corrected chi connectivity index (χ0v) is 9.83. The zero-order valence-electron chi connectivity index (χ0n) is 9.01. The van der Waals surface area contributed by atoms with Crippen molar-refractivity contribution >= 4 is 22.4 Å². The van der Waals surface area contributed by atoms with E-state index in [-0.39, 0.29) is 5.92 Å². The van der Waals surface area contributed by atoms with E-state index in [4.69, 9.17) is 5.11 Å². The lowest BCUT2D eigenvalue weighted by Crippen LogP contribution is -2.32. The summed E-state index contributed by atoms with van der Waals surface area (Å²) in [7, 11) is 0. The van der Waals surface area contributed by atoms with E-state index < -0.39 is 5.97 Å². The van der Waals surface area contributed by atoms with Gasteiger partial charge in [0, 0.05) is 24.7 Å². The molecule has 1 aromatic rings. The van der Waals surface area contributed by atoms with Crippen LogP contribution in [0.1, 0.15) is 20.3 Å². The van der Waals surface area contributed by atoms with Gasteiger partial charge in [0.15, 0.2) is 5.13 Å². The van der Waals surface area contributed by atoms with E-state index in [1.807, 2.05) is 10.3 Å². The first kappa shape index (κ1) is 12.0. The number of thiazole rings is 1. The zero-order chi connectivity index (χ0) is 11.3. The van der Waals surface area contributed by atoms with E-state index in [1.54, 1.807) is 24.5 Å². The molecule has 5 heteroatoms. The van der Waals surface area contributed by atoms with Crippen LogP contribution in [0, 0.1) is 5.92 Å². The third-order valence-electron chi connectivity index (χ3n) is 2.10. The third kappa shape index (κ3) is 3.51. The predicted molar refractivity (Wildman–Crippen MR) is 61.4 cm³/mol. The van der Waals surface area contributed by atoms with Gasteiger partial charge in [0.05, 0.1) is 5.92 Å². The summed E-state index contributed by atoms with van der Waals surface area (Å²) >= 11 is 1.55. The second-order valence-electron chi connectivity index (χ2n) is 3.50. The second-order valence-corrected chi connectivity index (χ2v) is 4.37. The molecule has 1 unspecified atom stereocenters. The Morgan fingerprint density at radius 3 is 2.93 bits per heavy atom. The summed E-state index contributed by atoms with van der Waals surface area (Å²) in [5.41, 5.74) is 0. The van der Waals surface area contributed by atoms with Gasteiger partial charge in [-0.2, -0.15) is 0 Å². The van der Waals surface area contributed by atoms with Crippen molar-refractivity contribution in [3.05, 3.63) is 11.6 Å². The summed E-state index contributed by atoms with van der Waals surface area (Å²) in [4.78, 5) is 17.0. The van der Waals surface area contributed by atoms with E-state index in [1.165, 1.54) is 0 Å². The van der Waals surface area contributed by atoms with Crippen LogP contribution < -0.4 is 4.90 Å². The monoisotopic (exact) mass is 228 g/mol. The number of anilines is 1. The number of carboxylic acid groups (broad SMARTS) is 1. The summed E-state index contributed by atoms with van der Waals surface area (Å²) in [6.07, 6.45) is 2.74. The molecule has 1 aromatic heterocycles. The number of rotatable bonds is 6. The lowest BCUT2D eigenvalue weighted by atomic mass is 10.2. The minimum atomic E-state index is -0.757. The van der Waals surface area contributed by atoms with Crippen LogP contribution in [-0.2, 0) is 4.79 Å². The molecule has 0 aliphatic rings. The molecule has 0 radical (unpaired) electrons. The average Bonchev–Trinajstić information content (AvgIpc) is 2.69. The number of carbonyl (C=O) groups is 1. The first-order valence-electron chi connectivity index (χ1n) is 5.02. The number of hydrogen-bond donors (Lipinski definition) is 1. The van der Waals surface area contributed by atoms with Crippen molar-refractivity contribution in [1.82, 2.24) is 4.98 Å². The van der Waals surface area contributed by atoms with Gasteiger partial charge in [-0.3, -0.25) is 4.79 Å². The Bertz CT molecular complexity index is 300. The number of aromatic nitrogens is 1. The van der Waals surface area contributed by atoms with Crippen LogP contribution in [0.25, 0.3) is 0 Å². The summed E-state index contributed by atoms with van der Waals surface area (Å²) < 4.78 is 0. The second kappa shape index (κ2) is 5.70. The Morgan fingerprint density at radius 1 is 1.73 bits per heavy atom. The lowest BCUT2D eigenvalue weighted by Gasteiger charge is -2.22. The van der Waals surface area contributed by atoms with Gasteiger partial charge in [-0.15, -0.1) is 11.3 Å². The van der Waals surface area contributed by atoms with Crippen LogP contribution in [0.5, 0.6) is 0 Å². The number of nitrogens with zero attached hydrogens (tertiary/aromatic N) is 2. The fraction of sp³-hybridized carbons (Fsp3) is 0.600. The molecular formula is C10H16N2O2S. The molecule has 0 aliphatic heterocycles. The normalized spacial score (nSPS) is 12.4. The molecule has 0 saturated heterocycles. The molecule has 15 heavy (non-hydrogen) atoms. The first-order valence-corrected chi connectivity index (χ1v) is 5.90. The molecule has 1 N–H and O–H groups in total. The molecule has 0 bridgehead atoms. The minimum absolute atomic E-state index is 0.361. The number of aliphatic carboxylic acids is 1. The Hall–Kier alpha value is -1.10. The quantitative estimate of drug-likeness (QED) is 0.810. The van der Waals surface area contributed by atoms with E-state index >= 15 is 0 Å². The summed E-state index contributed by atoms with van der Waals surface area (Å²) in [5, 5.41) is 11.7. The maximum Gasteiger partial charge on any atom is 0.308 e. The van der Waals surface area contributed by atoms with Gasteiger partial charge in [-0.1, -0.05) is 13.8 Å². The SMILES string of the molecule is CCCN(CC(C)C(=O)O)c1nccs1. The molecular weight excluding hydrogens is 212 g/mol. The highest BCUT2D eigenvalue weighted by molar-refractivity contribution is 7.13. The van der Waals surface area contributed by atoms with Crippen molar-refractivity contribution in [1.29, 1.82) is 0 Å². The van der Waals surface area contributed by atoms with Crippen molar-refractivity contribution in [2.45, 2.75) is 20.3 Å². The number of hydrogen-bond acceptors (Lipinski definition) is 4. The molecule has 0 aromatic carbocycles. The largest absolute Gasteiger partial charge is 0.481 e.